The van der Waals surface area contributed by atoms with Gasteiger partial charge in [-0.2, -0.15) is 0 Å². The maximum absolute atomic E-state index is 3.83. The van der Waals surface area contributed by atoms with E-state index < -0.39 is 0 Å². The second kappa shape index (κ2) is 10.7. The Morgan fingerprint density at radius 3 is 2.25 bits per heavy atom. The first kappa shape index (κ1) is 24.2. The summed E-state index contributed by atoms with van der Waals surface area (Å²) >= 11 is 0. The van der Waals surface area contributed by atoms with Crippen molar-refractivity contribution in [2.75, 3.05) is 6.54 Å². The van der Waals surface area contributed by atoms with Crippen LogP contribution in [0.2, 0.25) is 0 Å². The number of dihydropyridines is 2. The van der Waals surface area contributed by atoms with Gasteiger partial charge in [-0.1, -0.05) is 97.1 Å². The molecule has 2 heterocycles. The van der Waals surface area contributed by atoms with Gasteiger partial charge >= 0.3 is 0 Å². The number of nitrogens with one attached hydrogen (secondary N) is 2. The highest BCUT2D eigenvalue weighted by molar-refractivity contribution is 5.89. The molecule has 3 aliphatic rings. The topological polar surface area (TPSA) is 24.1 Å². The molecular weight excluding hydrogens is 484 g/mol. The molecule has 0 bridgehead atoms. The van der Waals surface area contributed by atoms with Crippen molar-refractivity contribution in [1.82, 2.24) is 10.6 Å². The molecule has 40 heavy (non-hydrogen) atoms. The van der Waals surface area contributed by atoms with Crippen LogP contribution in [0.1, 0.15) is 35.6 Å². The average Bonchev–Trinajstić information content (AvgIpc) is 3.05. The van der Waals surface area contributed by atoms with Crippen molar-refractivity contribution in [3.63, 3.8) is 0 Å². The van der Waals surface area contributed by atoms with Crippen LogP contribution in [0.15, 0.2) is 151 Å². The third-order valence-electron chi connectivity index (χ3n) is 7.95. The summed E-state index contributed by atoms with van der Waals surface area (Å²) < 4.78 is 0. The molecule has 1 unspecified atom stereocenters. The highest BCUT2D eigenvalue weighted by atomic mass is 14.9. The van der Waals surface area contributed by atoms with Gasteiger partial charge in [0.25, 0.3) is 0 Å². The van der Waals surface area contributed by atoms with Crippen LogP contribution in [-0.4, -0.2) is 6.54 Å². The molecule has 1 atom stereocenters. The van der Waals surface area contributed by atoms with E-state index in [0.29, 0.717) is 0 Å². The van der Waals surface area contributed by atoms with Crippen LogP contribution >= 0.6 is 0 Å². The average molecular weight is 517 g/mol. The molecule has 0 spiro atoms. The van der Waals surface area contributed by atoms with Crippen molar-refractivity contribution in [2.24, 2.45) is 0 Å². The highest BCUT2D eigenvalue weighted by Gasteiger charge is 2.20. The Kier molecular flexibility index (Phi) is 6.51. The van der Waals surface area contributed by atoms with Crippen molar-refractivity contribution < 1.29 is 0 Å². The van der Waals surface area contributed by atoms with Gasteiger partial charge in [-0.3, -0.25) is 0 Å². The summed E-state index contributed by atoms with van der Waals surface area (Å²) in [5, 5.41) is 9.93. The van der Waals surface area contributed by atoms with Gasteiger partial charge in [-0.25, -0.2) is 0 Å². The van der Waals surface area contributed by atoms with Crippen LogP contribution < -0.4 is 10.6 Å². The monoisotopic (exact) mass is 516 g/mol. The van der Waals surface area contributed by atoms with Crippen LogP contribution in [-0.2, 0) is 0 Å². The quantitative estimate of drug-likeness (QED) is 0.277. The summed E-state index contributed by atoms with van der Waals surface area (Å²) in [5.74, 6) is 0. The molecule has 2 aliphatic heterocycles. The van der Waals surface area contributed by atoms with Crippen molar-refractivity contribution >= 4 is 22.0 Å². The molecule has 0 aromatic heterocycles. The smallest absolute Gasteiger partial charge is 0.0707 e. The van der Waals surface area contributed by atoms with Gasteiger partial charge in [0, 0.05) is 17.9 Å². The Labute approximate surface area is 236 Å². The third kappa shape index (κ3) is 4.97. The second-order valence-electron chi connectivity index (χ2n) is 10.6. The highest BCUT2D eigenvalue weighted by Crippen LogP contribution is 2.36. The van der Waals surface area contributed by atoms with Gasteiger partial charge in [0.1, 0.15) is 0 Å². The minimum atomic E-state index is 0.103. The van der Waals surface area contributed by atoms with Crippen LogP contribution in [0.5, 0.6) is 0 Å². The van der Waals surface area contributed by atoms with Crippen LogP contribution in [0, 0.1) is 0 Å². The van der Waals surface area contributed by atoms with E-state index in [1.165, 1.54) is 55.4 Å². The zero-order valence-corrected chi connectivity index (χ0v) is 22.5. The number of benzene rings is 4. The summed E-state index contributed by atoms with van der Waals surface area (Å²) in [6.45, 7) is 0.843. The molecule has 0 radical (unpaired) electrons. The lowest BCUT2D eigenvalue weighted by Gasteiger charge is -2.28. The molecular formula is C38H32N2. The molecule has 4 aromatic carbocycles. The first-order valence-corrected chi connectivity index (χ1v) is 14.2. The fraction of sp³-hybridized carbons (Fsp3) is 0.105. The van der Waals surface area contributed by atoms with Crippen LogP contribution in [0.3, 0.4) is 0 Å². The van der Waals surface area contributed by atoms with Gasteiger partial charge in [0.15, 0.2) is 0 Å². The van der Waals surface area contributed by atoms with E-state index in [1.54, 1.807) is 0 Å². The summed E-state index contributed by atoms with van der Waals surface area (Å²) in [6, 6.07) is 33.2. The number of rotatable bonds is 5. The predicted molar refractivity (Wildman–Crippen MR) is 169 cm³/mol. The van der Waals surface area contributed by atoms with Crippen molar-refractivity contribution in [3.8, 4) is 11.1 Å². The Morgan fingerprint density at radius 1 is 0.625 bits per heavy atom. The summed E-state index contributed by atoms with van der Waals surface area (Å²) in [4.78, 5) is 0. The zero-order valence-electron chi connectivity index (χ0n) is 22.5. The Morgan fingerprint density at radius 2 is 1.43 bits per heavy atom. The first-order chi connectivity index (χ1) is 19.8. The summed E-state index contributed by atoms with van der Waals surface area (Å²) in [6.07, 6.45) is 20.0. The number of allylic oxidation sites excluding steroid dienone is 8. The molecule has 194 valence electrons. The normalized spacial score (nSPS) is 18.2. The molecule has 2 nitrogen and oxygen atoms in total. The molecule has 0 saturated heterocycles. The standard InChI is InChI=1S/C38H32N2/c1-3-12-28(13-4-1)37-25-34(26-38(40-37)29-14-5-2-6-15-29)33-22-32(23-35(24-33)36-17-9-10-20-39-36)31-19-18-27-11-7-8-16-30(27)21-31/h1-5,7-14,16-19,21-26,37,39-40H,6,15,20H2. The predicted octanol–water partition coefficient (Wildman–Crippen LogP) is 8.90. The molecule has 0 fully saturated rings. The lowest BCUT2D eigenvalue weighted by Crippen LogP contribution is -2.24. The SMILES string of the molecule is C1=CCCC(C2=CC(c3cc(C4=CC=CCN4)cc(-c4ccc5ccccc5c4)c3)=CC(c3ccccc3)N2)=C1. The van der Waals surface area contributed by atoms with Gasteiger partial charge in [-0.15, -0.1) is 0 Å². The lowest BCUT2D eigenvalue weighted by molar-refractivity contribution is 0.703. The minimum Gasteiger partial charge on any atom is -0.381 e. The van der Waals surface area contributed by atoms with Crippen molar-refractivity contribution in [1.29, 1.82) is 0 Å². The van der Waals surface area contributed by atoms with E-state index >= 15 is 0 Å². The lowest BCUT2D eigenvalue weighted by atomic mass is 9.88. The van der Waals surface area contributed by atoms with E-state index in [0.717, 1.165) is 25.1 Å². The van der Waals surface area contributed by atoms with Crippen molar-refractivity contribution in [3.05, 3.63) is 168 Å². The summed E-state index contributed by atoms with van der Waals surface area (Å²) in [7, 11) is 0. The second-order valence-corrected chi connectivity index (χ2v) is 10.6. The fourth-order valence-electron chi connectivity index (χ4n) is 5.81. The number of hydrogen-bond acceptors (Lipinski definition) is 2. The number of fused-ring (bicyclic) bond motifs is 1. The molecule has 7 rings (SSSR count). The van der Waals surface area contributed by atoms with E-state index in [-0.39, 0.29) is 6.04 Å². The Hall–Kier alpha value is -4.82. The van der Waals surface area contributed by atoms with Gasteiger partial charge in [0.2, 0.25) is 0 Å². The van der Waals surface area contributed by atoms with E-state index in [9.17, 15) is 0 Å². The molecule has 4 aromatic rings. The molecule has 2 N–H and O–H groups in total. The van der Waals surface area contributed by atoms with Crippen LogP contribution in [0.4, 0.5) is 0 Å². The molecule has 0 saturated carbocycles. The largest absolute Gasteiger partial charge is 0.381 e. The van der Waals surface area contributed by atoms with Crippen molar-refractivity contribution in [2.45, 2.75) is 18.9 Å². The zero-order chi connectivity index (χ0) is 26.7. The maximum Gasteiger partial charge on any atom is 0.0707 e. The fourth-order valence-corrected chi connectivity index (χ4v) is 5.81. The van der Waals surface area contributed by atoms with Gasteiger partial charge < -0.3 is 10.6 Å². The van der Waals surface area contributed by atoms with E-state index in [4.69, 9.17) is 0 Å². The molecule has 1 aliphatic carbocycles. The van der Waals surface area contributed by atoms with E-state index in [1.807, 2.05) is 0 Å². The van der Waals surface area contributed by atoms with Crippen LogP contribution in [0.25, 0.3) is 33.2 Å². The van der Waals surface area contributed by atoms with Gasteiger partial charge in [-0.05, 0) is 105 Å². The third-order valence-corrected chi connectivity index (χ3v) is 7.95. The Bertz CT molecular complexity index is 1760. The molecule has 2 heteroatoms. The summed E-state index contributed by atoms with van der Waals surface area (Å²) in [5.41, 5.74) is 11.1. The minimum absolute atomic E-state index is 0.103. The van der Waals surface area contributed by atoms with E-state index in [2.05, 4.69) is 150 Å². The molecule has 0 amide bonds. The number of hydrogen-bond donors (Lipinski definition) is 2. The first-order valence-electron chi connectivity index (χ1n) is 14.2. The maximum atomic E-state index is 3.83. The van der Waals surface area contributed by atoms with Gasteiger partial charge in [0.05, 0.1) is 6.04 Å². The Balaban J connectivity index is 1.39.